The number of aliphatic hydroxyl groups excluding tert-OH is 1. The smallest absolute Gasteiger partial charge is 0.126 e. The van der Waals surface area contributed by atoms with Gasteiger partial charge in [-0.05, 0) is 79.4 Å². The number of rotatable bonds is 4. The first-order valence-corrected chi connectivity index (χ1v) is 10.6. The second kappa shape index (κ2) is 6.83. The molecule has 0 aromatic rings. The Morgan fingerprint density at radius 3 is 2.64 bits per heavy atom. The number of aliphatic hydroxyl groups is 1. The molecule has 2 heteroatoms. The van der Waals surface area contributed by atoms with Crippen molar-refractivity contribution in [2.45, 2.75) is 73.1 Å². The van der Waals surface area contributed by atoms with Crippen LogP contribution in [0.3, 0.4) is 0 Å². The van der Waals surface area contributed by atoms with Gasteiger partial charge in [-0.25, -0.2) is 0 Å². The van der Waals surface area contributed by atoms with Crippen LogP contribution in [0, 0.1) is 46.3 Å². The monoisotopic (exact) mass is 346 g/mol. The SMILES string of the molecule is CC(CCO)C1CC=C2C3C(C)[C@H](C)CC[C@]3(C=O)CC[C@@]2(C)C1C. The van der Waals surface area contributed by atoms with Gasteiger partial charge in [0.15, 0.2) is 0 Å². The average molecular weight is 347 g/mol. The van der Waals surface area contributed by atoms with E-state index < -0.39 is 0 Å². The molecule has 25 heavy (non-hydrogen) atoms. The first-order valence-electron chi connectivity index (χ1n) is 10.6. The molecule has 2 fully saturated rings. The Hall–Kier alpha value is -0.630. The number of allylic oxidation sites excluding steroid dienone is 2. The molecule has 2 saturated carbocycles. The van der Waals surface area contributed by atoms with Crippen molar-refractivity contribution >= 4 is 6.29 Å². The van der Waals surface area contributed by atoms with Gasteiger partial charge in [0.1, 0.15) is 6.29 Å². The van der Waals surface area contributed by atoms with Gasteiger partial charge in [-0.3, -0.25) is 0 Å². The Kier molecular flexibility index (Phi) is 5.23. The van der Waals surface area contributed by atoms with E-state index in [1.54, 1.807) is 5.57 Å². The Morgan fingerprint density at radius 1 is 1.28 bits per heavy atom. The standard InChI is InChI=1S/C23H38O2/c1-15-8-10-23(14-25)12-11-22(5)18(4)19(16(2)9-13-24)6-7-20(22)21(23)17(15)3/h7,14-19,21,24H,6,8-13H2,1-5H3/t15-,16?,17?,18?,19?,21?,22+,23-/m1/s1. The molecule has 3 aliphatic carbocycles. The van der Waals surface area contributed by atoms with Crippen molar-refractivity contribution in [3.8, 4) is 0 Å². The lowest BCUT2D eigenvalue weighted by atomic mass is 9.43. The van der Waals surface area contributed by atoms with Crippen molar-refractivity contribution in [2.75, 3.05) is 6.61 Å². The minimum Gasteiger partial charge on any atom is -0.396 e. The summed E-state index contributed by atoms with van der Waals surface area (Å²) >= 11 is 0. The highest BCUT2D eigenvalue weighted by molar-refractivity contribution is 5.63. The summed E-state index contributed by atoms with van der Waals surface area (Å²) in [5.74, 6) is 3.61. The number of carbonyl (C=O) groups excluding carboxylic acids is 1. The van der Waals surface area contributed by atoms with Crippen LogP contribution < -0.4 is 0 Å². The predicted molar refractivity (Wildman–Crippen MR) is 103 cm³/mol. The zero-order valence-electron chi connectivity index (χ0n) is 16.9. The lowest BCUT2D eigenvalue weighted by molar-refractivity contribution is -0.129. The van der Waals surface area contributed by atoms with Crippen LogP contribution in [0.1, 0.15) is 73.1 Å². The average Bonchev–Trinajstić information content (AvgIpc) is 2.59. The summed E-state index contributed by atoms with van der Waals surface area (Å²) in [6.45, 7) is 12.3. The summed E-state index contributed by atoms with van der Waals surface area (Å²) < 4.78 is 0. The van der Waals surface area contributed by atoms with Gasteiger partial charge < -0.3 is 9.90 Å². The van der Waals surface area contributed by atoms with E-state index in [9.17, 15) is 9.90 Å². The highest BCUT2D eigenvalue weighted by Gasteiger charge is 2.58. The number of aldehydes is 1. The van der Waals surface area contributed by atoms with Crippen molar-refractivity contribution in [2.24, 2.45) is 46.3 Å². The Morgan fingerprint density at radius 2 is 2.00 bits per heavy atom. The van der Waals surface area contributed by atoms with Gasteiger partial charge >= 0.3 is 0 Å². The summed E-state index contributed by atoms with van der Waals surface area (Å²) in [5, 5.41) is 9.38. The molecule has 2 nitrogen and oxygen atoms in total. The lowest BCUT2D eigenvalue weighted by Gasteiger charge is -2.60. The molecule has 0 radical (unpaired) electrons. The minimum absolute atomic E-state index is 0.0967. The fourth-order valence-electron chi connectivity index (χ4n) is 6.76. The Balaban J connectivity index is 1.99. The summed E-state index contributed by atoms with van der Waals surface area (Å²) in [4.78, 5) is 12.2. The highest BCUT2D eigenvalue weighted by atomic mass is 16.3. The van der Waals surface area contributed by atoms with Gasteiger partial charge in [0, 0.05) is 12.0 Å². The fraction of sp³-hybridized carbons (Fsp3) is 0.870. The van der Waals surface area contributed by atoms with Crippen LogP contribution in [-0.4, -0.2) is 18.0 Å². The molecule has 0 aromatic heterocycles. The van der Waals surface area contributed by atoms with Gasteiger partial charge in [-0.1, -0.05) is 46.3 Å². The third kappa shape index (κ3) is 2.83. The van der Waals surface area contributed by atoms with Crippen molar-refractivity contribution in [1.82, 2.24) is 0 Å². The molecule has 0 aromatic carbocycles. The molecule has 0 saturated heterocycles. The second-order valence-electron chi connectivity index (χ2n) is 9.96. The third-order valence-electron chi connectivity index (χ3n) is 9.02. The van der Waals surface area contributed by atoms with Crippen LogP contribution in [0.2, 0.25) is 0 Å². The van der Waals surface area contributed by atoms with Gasteiger partial charge in [0.25, 0.3) is 0 Å². The van der Waals surface area contributed by atoms with E-state index in [2.05, 4.69) is 40.7 Å². The van der Waals surface area contributed by atoms with Gasteiger partial charge in [-0.15, -0.1) is 0 Å². The minimum atomic E-state index is -0.0967. The molecule has 8 atom stereocenters. The molecule has 0 aliphatic heterocycles. The van der Waals surface area contributed by atoms with E-state index in [1.165, 1.54) is 12.7 Å². The zero-order chi connectivity index (χ0) is 18.4. The maximum absolute atomic E-state index is 12.2. The molecule has 0 amide bonds. The number of fused-ring (bicyclic) bond motifs is 3. The van der Waals surface area contributed by atoms with Crippen molar-refractivity contribution in [3.05, 3.63) is 11.6 Å². The lowest BCUT2D eigenvalue weighted by Crippen LogP contribution is -2.54. The molecule has 0 bridgehead atoms. The van der Waals surface area contributed by atoms with Crippen LogP contribution >= 0.6 is 0 Å². The summed E-state index contributed by atoms with van der Waals surface area (Å²) in [6.07, 6.45) is 10.4. The van der Waals surface area contributed by atoms with E-state index in [0.717, 1.165) is 32.1 Å². The van der Waals surface area contributed by atoms with Crippen LogP contribution in [0.5, 0.6) is 0 Å². The molecule has 1 N–H and O–H groups in total. The van der Waals surface area contributed by atoms with E-state index in [0.29, 0.717) is 42.1 Å². The van der Waals surface area contributed by atoms with Gasteiger partial charge in [-0.2, -0.15) is 0 Å². The van der Waals surface area contributed by atoms with E-state index >= 15 is 0 Å². The normalized spacial score (nSPS) is 48.1. The van der Waals surface area contributed by atoms with Crippen molar-refractivity contribution < 1.29 is 9.90 Å². The first-order chi connectivity index (χ1) is 11.8. The molecular formula is C23H38O2. The highest BCUT2D eigenvalue weighted by Crippen LogP contribution is 2.65. The molecule has 0 spiro atoms. The van der Waals surface area contributed by atoms with E-state index in [4.69, 9.17) is 0 Å². The van der Waals surface area contributed by atoms with Gasteiger partial charge in [0.2, 0.25) is 0 Å². The predicted octanol–water partition coefficient (Wildman–Crippen LogP) is 5.25. The van der Waals surface area contributed by atoms with E-state index in [-0.39, 0.29) is 10.8 Å². The van der Waals surface area contributed by atoms with E-state index in [1.807, 2.05) is 0 Å². The molecule has 3 rings (SSSR count). The number of hydrogen-bond acceptors (Lipinski definition) is 2. The second-order valence-corrected chi connectivity index (χ2v) is 9.96. The molecule has 0 heterocycles. The quantitative estimate of drug-likeness (QED) is 0.557. The van der Waals surface area contributed by atoms with Crippen LogP contribution in [0.15, 0.2) is 11.6 Å². The number of hydrogen-bond donors (Lipinski definition) is 1. The molecular weight excluding hydrogens is 308 g/mol. The van der Waals surface area contributed by atoms with Crippen LogP contribution in [-0.2, 0) is 4.79 Å². The molecule has 5 unspecified atom stereocenters. The number of carbonyl (C=O) groups is 1. The largest absolute Gasteiger partial charge is 0.396 e. The van der Waals surface area contributed by atoms with Gasteiger partial charge in [0.05, 0.1) is 0 Å². The fourth-order valence-corrected chi connectivity index (χ4v) is 6.76. The zero-order valence-corrected chi connectivity index (χ0v) is 16.9. The molecule has 3 aliphatic rings. The van der Waals surface area contributed by atoms with Crippen molar-refractivity contribution in [3.63, 3.8) is 0 Å². The van der Waals surface area contributed by atoms with Crippen LogP contribution in [0.25, 0.3) is 0 Å². The van der Waals surface area contributed by atoms with Crippen molar-refractivity contribution in [1.29, 1.82) is 0 Å². The maximum Gasteiger partial charge on any atom is 0.126 e. The summed E-state index contributed by atoms with van der Waals surface area (Å²) in [5.41, 5.74) is 1.75. The Bertz CT molecular complexity index is 538. The summed E-state index contributed by atoms with van der Waals surface area (Å²) in [7, 11) is 0. The molecule has 142 valence electrons. The Labute approximate surface area is 154 Å². The third-order valence-corrected chi connectivity index (χ3v) is 9.02. The summed E-state index contributed by atoms with van der Waals surface area (Å²) in [6, 6.07) is 0. The topological polar surface area (TPSA) is 37.3 Å². The first kappa shape index (κ1) is 19.1. The maximum atomic E-state index is 12.2. The van der Waals surface area contributed by atoms with Crippen LogP contribution in [0.4, 0.5) is 0 Å².